The Morgan fingerprint density at radius 3 is 2.39 bits per heavy atom. The highest BCUT2D eigenvalue weighted by Gasteiger charge is 2.01. The third-order valence-corrected chi connectivity index (χ3v) is 3.21. The van der Waals surface area contributed by atoms with Crippen LogP contribution in [0.3, 0.4) is 0 Å². The first kappa shape index (κ1) is 15.2. The molecule has 0 atom stereocenters. The Balaban J connectivity index is 2.14. The standard InChI is InChI=1S/C16H27NO/c1-13(2)8-10-18-11-9-17-12-16-14(3)6-5-7-15(16)4/h5-7,13,17H,8-12H2,1-4H3. The van der Waals surface area contributed by atoms with E-state index < -0.39 is 0 Å². The predicted molar refractivity (Wildman–Crippen MR) is 77.9 cm³/mol. The van der Waals surface area contributed by atoms with Crippen molar-refractivity contribution in [3.63, 3.8) is 0 Å². The first-order valence-corrected chi connectivity index (χ1v) is 6.94. The van der Waals surface area contributed by atoms with Gasteiger partial charge < -0.3 is 10.1 Å². The van der Waals surface area contributed by atoms with E-state index in [0.717, 1.165) is 38.6 Å². The SMILES string of the molecule is Cc1cccc(C)c1CNCCOCCC(C)C. The summed E-state index contributed by atoms with van der Waals surface area (Å²) < 4.78 is 5.58. The zero-order valence-corrected chi connectivity index (χ0v) is 12.3. The third-order valence-electron chi connectivity index (χ3n) is 3.21. The molecule has 2 nitrogen and oxygen atoms in total. The molecule has 2 heteroatoms. The molecule has 0 amide bonds. The maximum Gasteiger partial charge on any atom is 0.0591 e. The van der Waals surface area contributed by atoms with Crippen molar-refractivity contribution in [2.24, 2.45) is 5.92 Å². The molecule has 0 saturated heterocycles. The molecule has 0 heterocycles. The van der Waals surface area contributed by atoms with Gasteiger partial charge in [-0.05, 0) is 42.9 Å². The summed E-state index contributed by atoms with van der Waals surface area (Å²) in [5.74, 6) is 0.729. The van der Waals surface area contributed by atoms with E-state index in [9.17, 15) is 0 Å². The van der Waals surface area contributed by atoms with Crippen LogP contribution in [0.2, 0.25) is 0 Å². The van der Waals surface area contributed by atoms with E-state index in [1.807, 2.05) is 0 Å². The fourth-order valence-corrected chi connectivity index (χ4v) is 1.91. The molecular weight excluding hydrogens is 222 g/mol. The van der Waals surface area contributed by atoms with Gasteiger partial charge in [0.05, 0.1) is 6.61 Å². The van der Waals surface area contributed by atoms with Gasteiger partial charge in [0.2, 0.25) is 0 Å². The van der Waals surface area contributed by atoms with Crippen molar-refractivity contribution >= 4 is 0 Å². The van der Waals surface area contributed by atoms with Crippen molar-refractivity contribution in [2.45, 2.75) is 40.7 Å². The molecule has 1 aromatic carbocycles. The van der Waals surface area contributed by atoms with Gasteiger partial charge in [-0.1, -0.05) is 32.0 Å². The van der Waals surface area contributed by atoms with Crippen LogP contribution in [0.5, 0.6) is 0 Å². The summed E-state index contributed by atoms with van der Waals surface area (Å²) in [4.78, 5) is 0. The van der Waals surface area contributed by atoms with Crippen molar-refractivity contribution < 1.29 is 4.74 Å². The average molecular weight is 249 g/mol. The van der Waals surface area contributed by atoms with Gasteiger partial charge in [-0.25, -0.2) is 0 Å². The number of benzene rings is 1. The number of ether oxygens (including phenoxy) is 1. The van der Waals surface area contributed by atoms with Crippen LogP contribution in [0.25, 0.3) is 0 Å². The lowest BCUT2D eigenvalue weighted by Gasteiger charge is -2.11. The Labute approximate surface area is 112 Å². The van der Waals surface area contributed by atoms with Gasteiger partial charge >= 0.3 is 0 Å². The highest BCUT2D eigenvalue weighted by molar-refractivity contribution is 5.33. The van der Waals surface area contributed by atoms with Crippen LogP contribution in [-0.2, 0) is 11.3 Å². The lowest BCUT2D eigenvalue weighted by Crippen LogP contribution is -2.20. The Kier molecular flexibility index (Phi) is 6.99. The van der Waals surface area contributed by atoms with Gasteiger partial charge in [0.15, 0.2) is 0 Å². The van der Waals surface area contributed by atoms with Crippen LogP contribution < -0.4 is 5.32 Å². The Morgan fingerprint density at radius 2 is 1.78 bits per heavy atom. The Hall–Kier alpha value is -0.860. The molecule has 18 heavy (non-hydrogen) atoms. The highest BCUT2D eigenvalue weighted by atomic mass is 16.5. The molecule has 0 aliphatic heterocycles. The van der Waals surface area contributed by atoms with Gasteiger partial charge in [0, 0.05) is 19.7 Å². The van der Waals surface area contributed by atoms with Gasteiger partial charge in [-0.3, -0.25) is 0 Å². The van der Waals surface area contributed by atoms with Crippen LogP contribution in [0.15, 0.2) is 18.2 Å². The highest BCUT2D eigenvalue weighted by Crippen LogP contribution is 2.12. The lowest BCUT2D eigenvalue weighted by molar-refractivity contribution is 0.125. The summed E-state index contributed by atoms with van der Waals surface area (Å²) in [6, 6.07) is 6.45. The monoisotopic (exact) mass is 249 g/mol. The maximum absolute atomic E-state index is 5.58. The van der Waals surface area contributed by atoms with Crippen molar-refractivity contribution in [1.82, 2.24) is 5.32 Å². The molecule has 1 aromatic rings. The molecule has 0 aromatic heterocycles. The first-order chi connectivity index (χ1) is 8.61. The molecule has 0 fully saturated rings. The minimum Gasteiger partial charge on any atom is -0.380 e. The normalized spacial score (nSPS) is 11.2. The molecule has 0 saturated carbocycles. The van der Waals surface area contributed by atoms with Crippen molar-refractivity contribution in [2.75, 3.05) is 19.8 Å². The van der Waals surface area contributed by atoms with Crippen molar-refractivity contribution in [1.29, 1.82) is 0 Å². The minimum atomic E-state index is 0.729. The molecule has 102 valence electrons. The minimum absolute atomic E-state index is 0.729. The molecule has 0 spiro atoms. The number of rotatable bonds is 8. The predicted octanol–water partition coefficient (Wildman–Crippen LogP) is 3.46. The molecule has 0 radical (unpaired) electrons. The lowest BCUT2D eigenvalue weighted by atomic mass is 10.0. The molecule has 0 unspecified atom stereocenters. The first-order valence-electron chi connectivity index (χ1n) is 6.94. The summed E-state index contributed by atoms with van der Waals surface area (Å²) in [5, 5.41) is 3.45. The average Bonchev–Trinajstić information content (AvgIpc) is 2.30. The van der Waals surface area contributed by atoms with Crippen LogP contribution >= 0.6 is 0 Å². The van der Waals surface area contributed by atoms with Gasteiger partial charge in [-0.2, -0.15) is 0 Å². The van der Waals surface area contributed by atoms with Crippen LogP contribution in [0.4, 0.5) is 0 Å². The zero-order chi connectivity index (χ0) is 13.4. The Bertz CT molecular complexity index is 327. The van der Waals surface area contributed by atoms with E-state index in [1.165, 1.54) is 16.7 Å². The van der Waals surface area contributed by atoms with Crippen LogP contribution in [0.1, 0.15) is 37.0 Å². The van der Waals surface area contributed by atoms with E-state index in [2.05, 4.69) is 51.2 Å². The van der Waals surface area contributed by atoms with Gasteiger partial charge in [-0.15, -0.1) is 0 Å². The molecular formula is C16H27NO. The molecule has 1 rings (SSSR count). The van der Waals surface area contributed by atoms with E-state index in [4.69, 9.17) is 4.74 Å². The quantitative estimate of drug-likeness (QED) is 0.712. The second-order valence-corrected chi connectivity index (χ2v) is 5.34. The summed E-state index contributed by atoms with van der Waals surface area (Å²) in [5.41, 5.74) is 4.14. The Morgan fingerprint density at radius 1 is 1.11 bits per heavy atom. The molecule has 0 bridgehead atoms. The number of nitrogens with one attached hydrogen (secondary N) is 1. The van der Waals surface area contributed by atoms with Crippen molar-refractivity contribution in [3.8, 4) is 0 Å². The third kappa shape index (κ3) is 5.65. The summed E-state index contributed by atoms with van der Waals surface area (Å²) in [7, 11) is 0. The fraction of sp³-hybridized carbons (Fsp3) is 0.625. The zero-order valence-electron chi connectivity index (χ0n) is 12.3. The second kappa shape index (κ2) is 8.28. The van der Waals surface area contributed by atoms with Crippen LogP contribution in [0, 0.1) is 19.8 Å². The summed E-state index contributed by atoms with van der Waals surface area (Å²) >= 11 is 0. The molecule has 0 aliphatic carbocycles. The van der Waals surface area contributed by atoms with E-state index in [0.29, 0.717) is 0 Å². The smallest absolute Gasteiger partial charge is 0.0591 e. The topological polar surface area (TPSA) is 21.3 Å². The van der Waals surface area contributed by atoms with Gasteiger partial charge in [0.25, 0.3) is 0 Å². The van der Waals surface area contributed by atoms with E-state index >= 15 is 0 Å². The number of hydrogen-bond acceptors (Lipinski definition) is 2. The second-order valence-electron chi connectivity index (χ2n) is 5.34. The van der Waals surface area contributed by atoms with Crippen molar-refractivity contribution in [3.05, 3.63) is 34.9 Å². The summed E-state index contributed by atoms with van der Waals surface area (Å²) in [6.07, 6.45) is 1.15. The summed E-state index contributed by atoms with van der Waals surface area (Å²) in [6.45, 7) is 12.3. The van der Waals surface area contributed by atoms with E-state index in [1.54, 1.807) is 0 Å². The fourth-order valence-electron chi connectivity index (χ4n) is 1.91. The van der Waals surface area contributed by atoms with Crippen LogP contribution in [-0.4, -0.2) is 19.8 Å². The van der Waals surface area contributed by atoms with Gasteiger partial charge in [0.1, 0.15) is 0 Å². The number of aryl methyl sites for hydroxylation is 2. The van der Waals surface area contributed by atoms with E-state index in [-0.39, 0.29) is 0 Å². The molecule has 0 aliphatic rings. The molecule has 1 N–H and O–H groups in total. The largest absolute Gasteiger partial charge is 0.380 e. The maximum atomic E-state index is 5.58. The number of hydrogen-bond donors (Lipinski definition) is 1.